The van der Waals surface area contributed by atoms with E-state index in [0.29, 0.717) is 5.56 Å². The molecule has 1 saturated heterocycles. The first-order chi connectivity index (χ1) is 10.8. The van der Waals surface area contributed by atoms with Crippen molar-refractivity contribution in [2.45, 2.75) is 45.6 Å². The molecule has 2 unspecified atom stereocenters. The first-order valence-corrected chi connectivity index (χ1v) is 7.49. The zero-order chi connectivity index (χ0) is 17.3. The maximum atomic E-state index is 12.0. The van der Waals surface area contributed by atoms with Gasteiger partial charge in [0.15, 0.2) is 0 Å². The number of aliphatic hydroxyl groups excluding tert-OH is 1. The van der Waals surface area contributed by atoms with Crippen LogP contribution in [0.4, 0.5) is 0 Å². The summed E-state index contributed by atoms with van der Waals surface area (Å²) >= 11 is 0. The van der Waals surface area contributed by atoms with E-state index in [9.17, 15) is 19.5 Å². The van der Waals surface area contributed by atoms with Gasteiger partial charge in [-0.05, 0) is 13.3 Å². The minimum Gasteiger partial charge on any atom is -0.469 e. The van der Waals surface area contributed by atoms with E-state index in [0.717, 1.165) is 0 Å². The summed E-state index contributed by atoms with van der Waals surface area (Å²) in [5.41, 5.74) is -0.666. The third kappa shape index (κ3) is 3.37. The van der Waals surface area contributed by atoms with Crippen molar-refractivity contribution in [2.24, 2.45) is 11.8 Å². The van der Waals surface area contributed by atoms with Crippen LogP contribution in [-0.2, 0) is 14.3 Å². The van der Waals surface area contributed by atoms with Crippen LogP contribution in [0.2, 0.25) is 0 Å². The van der Waals surface area contributed by atoms with Crippen LogP contribution in [0.3, 0.4) is 0 Å². The summed E-state index contributed by atoms with van der Waals surface area (Å²) in [6, 6.07) is 0. The largest absolute Gasteiger partial charge is 0.469 e. The Labute approximate surface area is 133 Å². The van der Waals surface area contributed by atoms with Gasteiger partial charge in [-0.1, -0.05) is 13.8 Å². The van der Waals surface area contributed by atoms with E-state index in [1.807, 2.05) is 0 Å². The molecule has 0 bridgehead atoms. The Morgan fingerprint density at radius 2 is 2.17 bits per heavy atom. The summed E-state index contributed by atoms with van der Waals surface area (Å²) in [6.45, 7) is 5.03. The van der Waals surface area contributed by atoms with E-state index in [-0.39, 0.29) is 18.3 Å². The quantitative estimate of drug-likeness (QED) is 0.750. The molecular weight excluding hydrogens is 304 g/mol. The molecule has 1 aliphatic rings. The molecule has 8 heteroatoms. The van der Waals surface area contributed by atoms with Gasteiger partial charge in [0.1, 0.15) is 6.23 Å². The summed E-state index contributed by atoms with van der Waals surface area (Å²) < 4.78 is 11.7. The molecule has 0 radical (unpaired) electrons. The van der Waals surface area contributed by atoms with Gasteiger partial charge in [-0.15, -0.1) is 0 Å². The van der Waals surface area contributed by atoms with Crippen LogP contribution in [-0.4, -0.2) is 39.9 Å². The van der Waals surface area contributed by atoms with Crippen LogP contribution in [0, 0.1) is 18.8 Å². The maximum Gasteiger partial charge on any atom is 0.330 e. The third-order valence-electron chi connectivity index (χ3n) is 4.29. The smallest absolute Gasteiger partial charge is 0.330 e. The standard InChI is InChI=1S/C15H22N2O6/c1-7(14(20)22-4)5-10-11(18)9(3)13(23-10)17-6-8(2)12(19)16-15(17)21/h6-7,9-11,13,18H,5H2,1-4H3,(H,16,19,21)/t7?,9-,10+,11?,13+/m0/s1. The number of methoxy groups -OCH3 is 1. The zero-order valence-electron chi connectivity index (χ0n) is 13.6. The third-order valence-corrected chi connectivity index (χ3v) is 4.29. The van der Waals surface area contributed by atoms with Crippen molar-refractivity contribution in [3.63, 3.8) is 0 Å². The summed E-state index contributed by atoms with van der Waals surface area (Å²) in [6.07, 6.45) is -0.426. The van der Waals surface area contributed by atoms with Crippen molar-refractivity contribution in [2.75, 3.05) is 7.11 Å². The summed E-state index contributed by atoms with van der Waals surface area (Å²) in [4.78, 5) is 37.2. The Morgan fingerprint density at radius 3 is 2.78 bits per heavy atom. The van der Waals surface area contributed by atoms with Crippen LogP contribution in [0.5, 0.6) is 0 Å². The van der Waals surface area contributed by atoms with Crippen molar-refractivity contribution in [1.82, 2.24) is 9.55 Å². The van der Waals surface area contributed by atoms with Gasteiger partial charge in [0.05, 0.1) is 25.2 Å². The number of hydrogen-bond donors (Lipinski definition) is 2. The fourth-order valence-corrected chi connectivity index (χ4v) is 2.83. The number of H-pyrrole nitrogens is 1. The van der Waals surface area contributed by atoms with Crippen molar-refractivity contribution < 1.29 is 19.4 Å². The molecule has 23 heavy (non-hydrogen) atoms. The number of nitrogens with zero attached hydrogens (tertiary/aromatic N) is 1. The van der Waals surface area contributed by atoms with Crippen LogP contribution >= 0.6 is 0 Å². The van der Waals surface area contributed by atoms with Crippen molar-refractivity contribution >= 4 is 5.97 Å². The van der Waals surface area contributed by atoms with Gasteiger partial charge in [-0.2, -0.15) is 0 Å². The van der Waals surface area contributed by atoms with Gasteiger partial charge in [-0.25, -0.2) is 4.79 Å². The maximum absolute atomic E-state index is 12.0. The number of nitrogens with one attached hydrogen (secondary N) is 1. The number of carbonyl (C=O) groups excluding carboxylic acids is 1. The molecule has 1 aromatic heterocycles. The number of aromatic amines is 1. The lowest BCUT2D eigenvalue weighted by atomic mass is 9.95. The second-order valence-corrected chi connectivity index (χ2v) is 6.05. The zero-order valence-corrected chi connectivity index (χ0v) is 13.6. The van der Waals surface area contributed by atoms with Gasteiger partial charge in [0, 0.05) is 17.7 Å². The lowest BCUT2D eigenvalue weighted by Gasteiger charge is -2.19. The summed E-state index contributed by atoms with van der Waals surface area (Å²) in [5, 5.41) is 10.3. The van der Waals surface area contributed by atoms with E-state index < -0.39 is 35.6 Å². The van der Waals surface area contributed by atoms with E-state index in [2.05, 4.69) is 9.72 Å². The van der Waals surface area contributed by atoms with Gasteiger partial charge in [0.2, 0.25) is 0 Å². The highest BCUT2D eigenvalue weighted by Gasteiger charge is 2.43. The number of hydrogen-bond acceptors (Lipinski definition) is 6. The Hall–Kier alpha value is -1.93. The van der Waals surface area contributed by atoms with E-state index in [4.69, 9.17) is 4.74 Å². The monoisotopic (exact) mass is 326 g/mol. The highest BCUT2D eigenvalue weighted by molar-refractivity contribution is 5.71. The number of aryl methyl sites for hydroxylation is 1. The Bertz CT molecular complexity index is 694. The average molecular weight is 326 g/mol. The number of rotatable bonds is 4. The molecule has 5 atom stereocenters. The normalized spacial score (nSPS) is 28.6. The minimum atomic E-state index is -0.828. The van der Waals surface area contributed by atoms with Crippen LogP contribution in [0.25, 0.3) is 0 Å². The fraction of sp³-hybridized carbons (Fsp3) is 0.667. The molecular formula is C15H22N2O6. The molecule has 1 fully saturated rings. The Kier molecular flexibility index (Phi) is 5.06. The molecule has 2 rings (SSSR count). The predicted octanol–water partition coefficient (Wildman–Crippen LogP) is -0.0614. The number of ether oxygens (including phenoxy) is 2. The number of carbonyl (C=O) groups is 1. The number of aromatic nitrogens is 2. The SMILES string of the molecule is COC(=O)C(C)C[C@H]1O[C@@H](n2cc(C)c(=O)[nH]c2=O)[C@@H](C)C1O. The molecule has 0 aliphatic carbocycles. The Morgan fingerprint density at radius 1 is 1.52 bits per heavy atom. The van der Waals surface area contributed by atoms with Crippen LogP contribution in [0.1, 0.15) is 32.1 Å². The molecule has 8 nitrogen and oxygen atoms in total. The predicted molar refractivity (Wildman–Crippen MR) is 80.9 cm³/mol. The van der Waals surface area contributed by atoms with E-state index in [1.165, 1.54) is 17.9 Å². The molecule has 0 aromatic carbocycles. The molecule has 1 aromatic rings. The number of aliphatic hydroxyl groups is 1. The van der Waals surface area contributed by atoms with Gasteiger partial charge < -0.3 is 14.6 Å². The second-order valence-electron chi connectivity index (χ2n) is 6.05. The molecule has 2 heterocycles. The van der Waals surface area contributed by atoms with Crippen molar-refractivity contribution in [3.05, 3.63) is 32.6 Å². The lowest BCUT2D eigenvalue weighted by molar-refractivity contribution is -0.146. The van der Waals surface area contributed by atoms with Crippen molar-refractivity contribution in [1.29, 1.82) is 0 Å². The van der Waals surface area contributed by atoms with E-state index >= 15 is 0 Å². The molecule has 0 spiro atoms. The minimum absolute atomic E-state index is 0.283. The molecule has 1 aliphatic heterocycles. The van der Waals surface area contributed by atoms with Crippen LogP contribution < -0.4 is 11.2 Å². The Balaban J connectivity index is 2.23. The highest BCUT2D eigenvalue weighted by Crippen LogP contribution is 2.36. The van der Waals surface area contributed by atoms with Gasteiger partial charge in [0.25, 0.3) is 5.56 Å². The first-order valence-electron chi connectivity index (χ1n) is 7.49. The fourth-order valence-electron chi connectivity index (χ4n) is 2.83. The molecule has 128 valence electrons. The highest BCUT2D eigenvalue weighted by atomic mass is 16.5. The molecule has 2 N–H and O–H groups in total. The van der Waals surface area contributed by atoms with Gasteiger partial charge >= 0.3 is 11.7 Å². The molecule has 0 saturated carbocycles. The first kappa shape index (κ1) is 17.4. The van der Waals surface area contributed by atoms with Gasteiger partial charge in [-0.3, -0.25) is 19.1 Å². The summed E-state index contributed by atoms with van der Waals surface area (Å²) in [5.74, 6) is -1.18. The molecule has 0 amide bonds. The number of esters is 1. The summed E-state index contributed by atoms with van der Waals surface area (Å²) in [7, 11) is 1.30. The van der Waals surface area contributed by atoms with Crippen LogP contribution in [0.15, 0.2) is 15.8 Å². The lowest BCUT2D eigenvalue weighted by Crippen LogP contribution is -2.35. The second kappa shape index (κ2) is 6.67. The average Bonchev–Trinajstić information content (AvgIpc) is 2.78. The van der Waals surface area contributed by atoms with E-state index in [1.54, 1.807) is 20.8 Å². The van der Waals surface area contributed by atoms with Crippen molar-refractivity contribution in [3.8, 4) is 0 Å². The topological polar surface area (TPSA) is 111 Å².